The van der Waals surface area contributed by atoms with Crippen molar-refractivity contribution in [2.45, 2.75) is 6.54 Å². The fourth-order valence-corrected chi connectivity index (χ4v) is 2.66. The Morgan fingerprint density at radius 3 is 2.27 bits per heavy atom. The van der Waals surface area contributed by atoms with Crippen LogP contribution in [-0.4, -0.2) is 9.13 Å². The summed E-state index contributed by atoms with van der Waals surface area (Å²) in [6, 6.07) is 10.4. The van der Waals surface area contributed by atoms with Crippen LogP contribution < -0.4 is 9.13 Å². The molecular formula is C18H20N4+2. The van der Waals surface area contributed by atoms with Crippen LogP contribution in [-0.2, 0) is 13.6 Å². The van der Waals surface area contributed by atoms with Gasteiger partial charge >= 0.3 is 11.6 Å². The van der Waals surface area contributed by atoms with Gasteiger partial charge in [0.1, 0.15) is 31.3 Å². The molecule has 110 valence electrons. The van der Waals surface area contributed by atoms with Crippen LogP contribution in [0.1, 0.15) is 5.56 Å². The van der Waals surface area contributed by atoms with Gasteiger partial charge in [0.2, 0.25) is 0 Å². The molecule has 0 bridgehead atoms. The lowest BCUT2D eigenvalue weighted by Gasteiger charge is -2.02. The second-order valence-electron chi connectivity index (χ2n) is 5.15. The zero-order valence-electron chi connectivity index (χ0n) is 12.8. The maximum Gasteiger partial charge on any atom is 0.378 e. The van der Waals surface area contributed by atoms with Crippen molar-refractivity contribution in [3.63, 3.8) is 0 Å². The maximum absolute atomic E-state index is 3.91. The first kappa shape index (κ1) is 14.1. The number of rotatable bonds is 5. The zero-order valence-corrected chi connectivity index (χ0v) is 12.8. The highest BCUT2D eigenvalue weighted by Gasteiger charge is 2.30. The second-order valence-corrected chi connectivity index (χ2v) is 5.15. The molecule has 0 amide bonds. The molecule has 0 saturated heterocycles. The van der Waals surface area contributed by atoms with Gasteiger partial charge in [0, 0.05) is 0 Å². The Morgan fingerprint density at radius 1 is 0.955 bits per heavy atom. The number of hydrogen-bond acceptors (Lipinski definition) is 0. The van der Waals surface area contributed by atoms with Crippen LogP contribution in [0, 0.1) is 0 Å². The van der Waals surface area contributed by atoms with E-state index in [1.807, 2.05) is 53.2 Å². The van der Waals surface area contributed by atoms with E-state index in [1.54, 1.807) is 0 Å². The summed E-state index contributed by atoms with van der Waals surface area (Å²) in [5, 5.41) is 0. The monoisotopic (exact) mass is 292 g/mol. The third-order valence-corrected chi connectivity index (χ3v) is 3.74. The molecule has 0 aliphatic rings. The topological polar surface area (TPSA) is 17.6 Å². The van der Waals surface area contributed by atoms with Gasteiger partial charge in [0.15, 0.2) is 0 Å². The van der Waals surface area contributed by atoms with E-state index in [1.165, 1.54) is 5.56 Å². The Hall–Kier alpha value is -2.88. The van der Waals surface area contributed by atoms with Crippen LogP contribution in [0.5, 0.6) is 0 Å². The molecule has 0 fully saturated rings. The molecular weight excluding hydrogens is 272 g/mol. The van der Waals surface area contributed by atoms with Crippen LogP contribution in [0.15, 0.2) is 68.3 Å². The summed E-state index contributed by atoms with van der Waals surface area (Å²) < 4.78 is 8.33. The van der Waals surface area contributed by atoms with Crippen LogP contribution in [0.25, 0.3) is 24.0 Å². The molecule has 0 N–H and O–H groups in total. The number of nitrogens with zero attached hydrogens (tertiary/aromatic N) is 4. The Bertz CT molecular complexity index is 809. The largest absolute Gasteiger partial charge is 0.378 e. The lowest BCUT2D eigenvalue weighted by molar-refractivity contribution is -0.699. The Morgan fingerprint density at radius 2 is 1.59 bits per heavy atom. The van der Waals surface area contributed by atoms with Crippen molar-refractivity contribution in [2.75, 3.05) is 0 Å². The van der Waals surface area contributed by atoms with Crippen LogP contribution in [0.3, 0.4) is 0 Å². The predicted octanol–water partition coefficient (Wildman–Crippen LogP) is 2.32. The molecule has 2 aromatic heterocycles. The first-order valence-corrected chi connectivity index (χ1v) is 7.20. The van der Waals surface area contributed by atoms with E-state index in [9.17, 15) is 0 Å². The van der Waals surface area contributed by atoms with Crippen LogP contribution in [0.4, 0.5) is 0 Å². The van der Waals surface area contributed by atoms with Crippen LogP contribution >= 0.6 is 0 Å². The van der Waals surface area contributed by atoms with Gasteiger partial charge < -0.3 is 0 Å². The minimum atomic E-state index is 0.805. The molecule has 22 heavy (non-hydrogen) atoms. The molecule has 0 atom stereocenters. The van der Waals surface area contributed by atoms with Gasteiger partial charge in [-0.1, -0.05) is 43.5 Å². The summed E-state index contributed by atoms with van der Waals surface area (Å²) in [7, 11) is 2.03. The normalized spacial score (nSPS) is 10.6. The lowest BCUT2D eigenvalue weighted by Crippen LogP contribution is -2.40. The number of aromatic nitrogens is 4. The fourth-order valence-electron chi connectivity index (χ4n) is 2.66. The van der Waals surface area contributed by atoms with E-state index < -0.39 is 0 Å². The van der Waals surface area contributed by atoms with E-state index in [0.717, 1.165) is 18.2 Å². The second kappa shape index (κ2) is 5.85. The molecule has 0 radical (unpaired) electrons. The minimum absolute atomic E-state index is 0.805. The number of imidazole rings is 2. The van der Waals surface area contributed by atoms with Gasteiger partial charge in [-0.3, -0.25) is 0 Å². The van der Waals surface area contributed by atoms with Crippen molar-refractivity contribution >= 4 is 12.4 Å². The Kier molecular flexibility index (Phi) is 3.74. The molecule has 4 nitrogen and oxygen atoms in total. The summed E-state index contributed by atoms with van der Waals surface area (Å²) in [6.45, 7) is 8.61. The number of hydrogen-bond donors (Lipinski definition) is 0. The van der Waals surface area contributed by atoms with Crippen molar-refractivity contribution in [1.82, 2.24) is 9.13 Å². The first-order valence-electron chi connectivity index (χ1n) is 7.20. The molecule has 0 aliphatic heterocycles. The smallest absolute Gasteiger partial charge is 0.226 e. The molecule has 1 aromatic carbocycles. The SMILES string of the molecule is C=Cn1cc[n+](C)c1-c1n(C=C)cc[n+]1Cc1ccccc1. The zero-order chi connectivity index (χ0) is 15.5. The highest BCUT2D eigenvalue weighted by Crippen LogP contribution is 2.14. The molecule has 3 rings (SSSR count). The standard InChI is InChI=1S/C18H20N4/c1-4-20-12-11-19(3)17(20)18-21(5-2)13-14-22(18)15-16-9-7-6-8-10-16/h4-14H,1-2,15H2,3H3/q+2. The Labute approximate surface area is 130 Å². The van der Waals surface area contributed by atoms with E-state index in [-0.39, 0.29) is 0 Å². The quantitative estimate of drug-likeness (QED) is 0.642. The van der Waals surface area contributed by atoms with Gasteiger partial charge in [-0.25, -0.2) is 9.13 Å². The number of aryl methyl sites for hydroxylation is 1. The number of benzene rings is 1. The van der Waals surface area contributed by atoms with E-state index in [2.05, 4.69) is 52.8 Å². The Balaban J connectivity index is 2.14. The lowest BCUT2D eigenvalue weighted by atomic mass is 10.2. The minimum Gasteiger partial charge on any atom is -0.226 e. The van der Waals surface area contributed by atoms with Crippen molar-refractivity contribution in [3.8, 4) is 11.6 Å². The van der Waals surface area contributed by atoms with Crippen molar-refractivity contribution < 1.29 is 9.13 Å². The summed E-state index contributed by atoms with van der Waals surface area (Å²) >= 11 is 0. The molecule has 0 aliphatic carbocycles. The third kappa shape index (κ3) is 2.39. The third-order valence-electron chi connectivity index (χ3n) is 3.74. The van der Waals surface area contributed by atoms with Crippen molar-refractivity contribution in [3.05, 3.63) is 73.8 Å². The fraction of sp³-hybridized carbons (Fsp3) is 0.111. The van der Waals surface area contributed by atoms with Crippen molar-refractivity contribution in [2.24, 2.45) is 7.05 Å². The molecule has 0 spiro atoms. The molecule has 3 aromatic rings. The average Bonchev–Trinajstić information content (AvgIpc) is 3.10. The summed E-state index contributed by atoms with van der Waals surface area (Å²) in [6.07, 6.45) is 11.7. The molecule has 2 heterocycles. The molecule has 4 heteroatoms. The maximum atomic E-state index is 3.91. The highest BCUT2D eigenvalue weighted by atomic mass is 15.2. The van der Waals surface area contributed by atoms with Gasteiger partial charge in [-0.15, -0.1) is 0 Å². The molecule has 0 saturated carbocycles. The van der Waals surface area contributed by atoms with Crippen molar-refractivity contribution in [1.29, 1.82) is 0 Å². The summed E-state index contributed by atoms with van der Waals surface area (Å²) in [5.41, 5.74) is 1.26. The van der Waals surface area contributed by atoms with Gasteiger partial charge in [-0.05, 0) is 5.56 Å². The van der Waals surface area contributed by atoms with Gasteiger partial charge in [0.25, 0.3) is 0 Å². The highest BCUT2D eigenvalue weighted by molar-refractivity contribution is 5.46. The van der Waals surface area contributed by atoms with E-state index >= 15 is 0 Å². The average molecular weight is 292 g/mol. The van der Waals surface area contributed by atoms with Gasteiger partial charge in [-0.2, -0.15) is 9.13 Å². The van der Waals surface area contributed by atoms with Crippen LogP contribution in [0.2, 0.25) is 0 Å². The predicted molar refractivity (Wildman–Crippen MR) is 87.5 cm³/mol. The first-order chi connectivity index (χ1) is 10.7. The summed E-state index contributed by atoms with van der Waals surface area (Å²) in [4.78, 5) is 0. The molecule has 0 unspecified atom stereocenters. The van der Waals surface area contributed by atoms with Gasteiger partial charge in [0.05, 0.1) is 19.4 Å². The van der Waals surface area contributed by atoms with E-state index in [4.69, 9.17) is 0 Å². The van der Waals surface area contributed by atoms with E-state index in [0.29, 0.717) is 0 Å². The summed E-state index contributed by atoms with van der Waals surface area (Å²) in [5.74, 6) is 2.11.